The molecule has 7 aromatic carbocycles. The van der Waals surface area contributed by atoms with Gasteiger partial charge in [0.05, 0.1) is 16.5 Å². The molecular formula is C38H33NO2. The van der Waals surface area contributed by atoms with Crippen LogP contribution in [0.25, 0.3) is 70.3 Å². The summed E-state index contributed by atoms with van der Waals surface area (Å²) in [5.41, 5.74) is 4.27. The van der Waals surface area contributed by atoms with Gasteiger partial charge in [-0.15, -0.1) is 0 Å². The van der Waals surface area contributed by atoms with E-state index in [2.05, 4.69) is 77.9 Å². The van der Waals surface area contributed by atoms with Crippen LogP contribution in [-0.2, 0) is 10.8 Å². The molecule has 0 aliphatic heterocycles. The third-order valence-corrected chi connectivity index (χ3v) is 9.48. The van der Waals surface area contributed by atoms with Crippen LogP contribution in [0.15, 0.2) is 64.2 Å². The van der Waals surface area contributed by atoms with Crippen molar-refractivity contribution in [2.45, 2.75) is 66.2 Å². The molecule has 0 spiro atoms. The molecule has 0 bridgehead atoms. The van der Waals surface area contributed by atoms with Crippen LogP contribution in [0, 0.1) is 13.8 Å². The predicted molar refractivity (Wildman–Crippen MR) is 175 cm³/mol. The lowest BCUT2D eigenvalue weighted by Gasteiger charge is -2.23. The SMILES string of the molecule is Cc1ccc(C)c(-n2c(=O)c3c4cc(C(C)(C)C)c5ccc6ccc7c(C(C)(C)C)cc(c3c2=O)c2c7c6c5c42)c1. The van der Waals surface area contributed by atoms with Gasteiger partial charge in [0.1, 0.15) is 0 Å². The summed E-state index contributed by atoms with van der Waals surface area (Å²) >= 11 is 0. The van der Waals surface area contributed by atoms with E-state index in [1.165, 1.54) is 48.0 Å². The van der Waals surface area contributed by atoms with E-state index in [1.807, 2.05) is 32.0 Å². The summed E-state index contributed by atoms with van der Waals surface area (Å²) in [7, 11) is 0. The Morgan fingerprint density at radius 1 is 0.512 bits per heavy atom. The highest BCUT2D eigenvalue weighted by Crippen LogP contribution is 2.53. The first-order chi connectivity index (χ1) is 19.3. The van der Waals surface area contributed by atoms with E-state index in [9.17, 15) is 9.59 Å². The minimum Gasteiger partial charge on any atom is -0.268 e. The molecule has 3 nitrogen and oxygen atoms in total. The van der Waals surface area contributed by atoms with Crippen LogP contribution < -0.4 is 11.1 Å². The zero-order valence-corrected chi connectivity index (χ0v) is 25.0. The Kier molecular flexibility index (Phi) is 4.39. The standard InChI is InChI=1S/C38H33NO2/c1-18-9-10-19(2)27(15-18)39-35(40)33-23-16-25(37(3,4)5)21-13-11-20-12-14-22-26(38(6,7)8)17-24(34(33)36(39)41)32-30(22)28(20)29(21)31(23)32/h9-17H,1-8H3. The van der Waals surface area contributed by atoms with E-state index >= 15 is 0 Å². The fourth-order valence-electron chi connectivity index (χ4n) is 7.61. The summed E-state index contributed by atoms with van der Waals surface area (Å²) in [5.74, 6) is 0. The van der Waals surface area contributed by atoms with Gasteiger partial charge in [0.25, 0.3) is 11.1 Å². The average molecular weight is 536 g/mol. The lowest BCUT2D eigenvalue weighted by Crippen LogP contribution is -2.24. The second kappa shape index (κ2) is 7.33. The molecule has 1 aromatic heterocycles. The van der Waals surface area contributed by atoms with Crippen LogP contribution in [0.5, 0.6) is 0 Å². The normalized spacial score (nSPS) is 13.6. The Labute approximate surface area is 238 Å². The van der Waals surface area contributed by atoms with E-state index in [0.717, 1.165) is 32.7 Å². The molecule has 8 aromatic rings. The van der Waals surface area contributed by atoms with Gasteiger partial charge >= 0.3 is 0 Å². The van der Waals surface area contributed by atoms with Crippen molar-refractivity contribution in [3.05, 3.63) is 97.6 Å². The number of aromatic nitrogens is 1. The lowest BCUT2D eigenvalue weighted by molar-refractivity contribution is 0.596. The molecule has 0 saturated carbocycles. The first-order valence-corrected chi connectivity index (χ1v) is 14.5. The van der Waals surface area contributed by atoms with Crippen LogP contribution >= 0.6 is 0 Å². The summed E-state index contributed by atoms with van der Waals surface area (Å²) in [6, 6.07) is 19.4. The summed E-state index contributed by atoms with van der Waals surface area (Å²) in [6.07, 6.45) is 0. The Balaban J connectivity index is 1.77. The van der Waals surface area contributed by atoms with Gasteiger partial charge < -0.3 is 0 Å². The molecule has 0 amide bonds. The average Bonchev–Trinajstić information content (AvgIpc) is 3.39. The quantitative estimate of drug-likeness (QED) is 0.197. The van der Waals surface area contributed by atoms with Crippen molar-refractivity contribution in [1.82, 2.24) is 4.57 Å². The molecule has 8 rings (SSSR count). The smallest absolute Gasteiger partial charge is 0.266 e. The van der Waals surface area contributed by atoms with E-state index in [1.54, 1.807) is 0 Å². The van der Waals surface area contributed by atoms with Crippen molar-refractivity contribution in [2.75, 3.05) is 0 Å². The Bertz CT molecular complexity index is 2340. The third-order valence-electron chi connectivity index (χ3n) is 9.48. The second-order valence-corrected chi connectivity index (χ2v) is 14.3. The van der Waals surface area contributed by atoms with Gasteiger partial charge in [-0.3, -0.25) is 9.59 Å². The van der Waals surface area contributed by atoms with E-state index in [4.69, 9.17) is 0 Å². The van der Waals surface area contributed by atoms with Crippen LogP contribution in [-0.4, -0.2) is 4.57 Å². The zero-order valence-electron chi connectivity index (χ0n) is 25.0. The fourth-order valence-corrected chi connectivity index (χ4v) is 7.61. The molecule has 0 aliphatic rings. The van der Waals surface area contributed by atoms with Crippen molar-refractivity contribution >= 4 is 64.6 Å². The first-order valence-electron chi connectivity index (χ1n) is 14.5. The summed E-state index contributed by atoms with van der Waals surface area (Å²) < 4.78 is 1.43. The molecule has 0 fully saturated rings. The van der Waals surface area contributed by atoms with E-state index in [0.29, 0.717) is 16.5 Å². The number of aryl methyl sites for hydroxylation is 2. The summed E-state index contributed by atoms with van der Waals surface area (Å²) in [4.78, 5) is 29.1. The molecule has 202 valence electrons. The number of rotatable bonds is 1. The first kappa shape index (κ1) is 24.5. The number of fused-ring (bicyclic) bond motifs is 3. The van der Waals surface area contributed by atoms with Crippen LogP contribution in [0.2, 0.25) is 0 Å². The highest BCUT2D eigenvalue weighted by Gasteiger charge is 2.32. The zero-order chi connectivity index (χ0) is 28.9. The Morgan fingerprint density at radius 3 is 1.44 bits per heavy atom. The van der Waals surface area contributed by atoms with Crippen LogP contribution in [0.4, 0.5) is 0 Å². The maximum absolute atomic E-state index is 14.6. The molecular weight excluding hydrogens is 502 g/mol. The molecule has 0 aliphatic carbocycles. The van der Waals surface area contributed by atoms with E-state index in [-0.39, 0.29) is 21.9 Å². The molecule has 0 atom stereocenters. The number of hydrogen-bond acceptors (Lipinski definition) is 2. The van der Waals surface area contributed by atoms with Crippen molar-refractivity contribution < 1.29 is 0 Å². The lowest BCUT2D eigenvalue weighted by atomic mass is 9.80. The van der Waals surface area contributed by atoms with Crippen molar-refractivity contribution in [2.24, 2.45) is 0 Å². The van der Waals surface area contributed by atoms with E-state index < -0.39 is 0 Å². The minimum absolute atomic E-state index is 0.151. The molecule has 1 heterocycles. The summed E-state index contributed by atoms with van der Waals surface area (Å²) in [5, 5.41) is 12.6. The summed E-state index contributed by atoms with van der Waals surface area (Å²) in [6.45, 7) is 17.4. The minimum atomic E-state index is -0.222. The predicted octanol–water partition coefficient (Wildman–Crippen LogP) is 9.08. The molecule has 0 radical (unpaired) electrons. The van der Waals surface area contributed by atoms with Gasteiger partial charge in [-0.05, 0) is 119 Å². The monoisotopic (exact) mass is 535 g/mol. The highest BCUT2D eigenvalue weighted by molar-refractivity contribution is 6.48. The van der Waals surface area contributed by atoms with Gasteiger partial charge in [-0.25, -0.2) is 4.57 Å². The van der Waals surface area contributed by atoms with Crippen molar-refractivity contribution in [3.63, 3.8) is 0 Å². The topological polar surface area (TPSA) is 39.1 Å². The Morgan fingerprint density at radius 2 is 0.976 bits per heavy atom. The maximum atomic E-state index is 14.6. The van der Waals surface area contributed by atoms with Gasteiger partial charge in [0.15, 0.2) is 0 Å². The number of benzene rings is 6. The number of nitrogens with zero attached hydrogens (tertiary/aromatic N) is 1. The van der Waals surface area contributed by atoms with Crippen molar-refractivity contribution in [3.8, 4) is 5.69 Å². The largest absolute Gasteiger partial charge is 0.268 e. The van der Waals surface area contributed by atoms with Crippen LogP contribution in [0.3, 0.4) is 0 Å². The van der Waals surface area contributed by atoms with Gasteiger partial charge in [-0.1, -0.05) is 77.9 Å². The van der Waals surface area contributed by atoms with Gasteiger partial charge in [0, 0.05) is 0 Å². The van der Waals surface area contributed by atoms with Gasteiger partial charge in [0.2, 0.25) is 0 Å². The molecule has 0 N–H and O–H groups in total. The molecule has 0 saturated heterocycles. The molecule has 41 heavy (non-hydrogen) atoms. The van der Waals surface area contributed by atoms with Crippen LogP contribution in [0.1, 0.15) is 63.8 Å². The third kappa shape index (κ3) is 2.89. The molecule has 0 unspecified atom stereocenters. The maximum Gasteiger partial charge on any atom is 0.266 e. The Hall–Kier alpha value is -4.24. The van der Waals surface area contributed by atoms with Crippen molar-refractivity contribution in [1.29, 1.82) is 0 Å². The fraction of sp³-hybridized carbons (Fsp3) is 0.263. The van der Waals surface area contributed by atoms with Gasteiger partial charge in [-0.2, -0.15) is 0 Å². The highest BCUT2D eigenvalue weighted by atomic mass is 16.2. The number of hydrogen-bond donors (Lipinski definition) is 0. The molecule has 3 heteroatoms. The second-order valence-electron chi connectivity index (χ2n) is 14.3.